The maximum Gasteiger partial charge on any atom is 0.225 e. The molecule has 0 aliphatic heterocycles. The predicted molar refractivity (Wildman–Crippen MR) is 73.6 cm³/mol. The second-order valence-corrected chi connectivity index (χ2v) is 4.58. The van der Waals surface area contributed by atoms with Gasteiger partial charge in [0.1, 0.15) is 18.2 Å². The van der Waals surface area contributed by atoms with Crippen molar-refractivity contribution in [3.05, 3.63) is 30.1 Å². The van der Waals surface area contributed by atoms with Gasteiger partial charge in [-0.05, 0) is 37.1 Å². The van der Waals surface area contributed by atoms with Gasteiger partial charge in [-0.1, -0.05) is 13.8 Å². The molecule has 0 bridgehead atoms. The Morgan fingerprint density at radius 2 is 1.84 bits per heavy atom. The highest BCUT2D eigenvalue weighted by Gasteiger charge is 2.18. The van der Waals surface area contributed by atoms with Gasteiger partial charge in [0.15, 0.2) is 0 Å². The van der Waals surface area contributed by atoms with Gasteiger partial charge >= 0.3 is 0 Å². The average molecular weight is 267 g/mol. The number of carbonyl (C=O) groups is 1. The minimum absolute atomic E-state index is 0.0934. The summed E-state index contributed by atoms with van der Waals surface area (Å²) in [6.45, 7) is 4.99. The van der Waals surface area contributed by atoms with Crippen LogP contribution in [0.1, 0.15) is 26.7 Å². The van der Waals surface area contributed by atoms with Crippen LogP contribution in [-0.2, 0) is 4.79 Å². The highest BCUT2D eigenvalue weighted by Crippen LogP contribution is 2.12. The number of hydrogen-bond acceptors (Lipinski definition) is 2. The molecule has 0 aliphatic rings. The minimum Gasteiger partial charge on any atom is -0.492 e. The zero-order chi connectivity index (χ0) is 14.3. The zero-order valence-corrected chi connectivity index (χ0v) is 11.9. The standard InChI is InChI=1S/C15H22FNO2/c1-4-12(5-2)15(18)17(3)10-11-19-14-8-6-13(16)7-9-14/h6-9,12H,4-5,10-11H2,1-3H3. The molecular formula is C15H22FNO2. The predicted octanol–water partition coefficient (Wildman–Crippen LogP) is 3.10. The first-order valence-corrected chi connectivity index (χ1v) is 6.71. The van der Waals surface area contributed by atoms with Gasteiger partial charge in [-0.15, -0.1) is 0 Å². The number of nitrogens with zero attached hydrogens (tertiary/aromatic N) is 1. The molecule has 0 aromatic heterocycles. The lowest BCUT2D eigenvalue weighted by molar-refractivity contribution is -0.134. The number of benzene rings is 1. The van der Waals surface area contributed by atoms with E-state index in [1.165, 1.54) is 12.1 Å². The first-order chi connectivity index (χ1) is 9.08. The van der Waals surface area contributed by atoms with E-state index in [1.807, 2.05) is 13.8 Å². The Kier molecular flexibility index (Phi) is 6.33. The third-order valence-corrected chi connectivity index (χ3v) is 3.22. The Balaban J connectivity index is 2.36. The highest BCUT2D eigenvalue weighted by molar-refractivity contribution is 5.78. The number of halogens is 1. The third-order valence-electron chi connectivity index (χ3n) is 3.22. The molecule has 1 amide bonds. The van der Waals surface area contributed by atoms with Gasteiger partial charge in [0.25, 0.3) is 0 Å². The van der Waals surface area contributed by atoms with E-state index in [2.05, 4.69) is 0 Å². The van der Waals surface area contributed by atoms with Crippen LogP contribution in [0.5, 0.6) is 5.75 Å². The summed E-state index contributed by atoms with van der Waals surface area (Å²) in [5.41, 5.74) is 0. The molecule has 0 fully saturated rings. The van der Waals surface area contributed by atoms with Crippen LogP contribution >= 0.6 is 0 Å². The zero-order valence-electron chi connectivity index (χ0n) is 11.9. The number of hydrogen-bond donors (Lipinski definition) is 0. The van der Waals surface area contributed by atoms with Crippen LogP contribution in [0.3, 0.4) is 0 Å². The molecule has 1 rings (SSSR count). The summed E-state index contributed by atoms with van der Waals surface area (Å²) in [6, 6.07) is 5.87. The molecule has 1 aromatic rings. The number of rotatable bonds is 7. The van der Waals surface area contributed by atoms with E-state index in [9.17, 15) is 9.18 Å². The fourth-order valence-electron chi connectivity index (χ4n) is 1.89. The van der Waals surface area contributed by atoms with Gasteiger partial charge in [-0.3, -0.25) is 4.79 Å². The molecule has 19 heavy (non-hydrogen) atoms. The van der Waals surface area contributed by atoms with Crippen molar-refractivity contribution in [1.29, 1.82) is 0 Å². The maximum absolute atomic E-state index is 12.7. The van der Waals surface area contributed by atoms with Crippen molar-refractivity contribution < 1.29 is 13.9 Å². The topological polar surface area (TPSA) is 29.5 Å². The van der Waals surface area contributed by atoms with Gasteiger partial charge in [0, 0.05) is 13.0 Å². The number of ether oxygens (including phenoxy) is 1. The quantitative estimate of drug-likeness (QED) is 0.759. The Bertz CT molecular complexity index is 388. The van der Waals surface area contributed by atoms with Crippen molar-refractivity contribution in [2.75, 3.05) is 20.2 Å². The summed E-state index contributed by atoms with van der Waals surface area (Å²) >= 11 is 0. The fourth-order valence-corrected chi connectivity index (χ4v) is 1.89. The lowest BCUT2D eigenvalue weighted by Gasteiger charge is -2.22. The van der Waals surface area contributed by atoms with E-state index in [0.717, 1.165) is 12.8 Å². The molecule has 0 saturated heterocycles. The number of likely N-dealkylation sites (N-methyl/N-ethyl adjacent to an activating group) is 1. The summed E-state index contributed by atoms with van der Waals surface area (Å²) in [4.78, 5) is 13.7. The Hall–Kier alpha value is -1.58. The van der Waals surface area contributed by atoms with Gasteiger partial charge in [0.05, 0.1) is 6.54 Å². The van der Waals surface area contributed by atoms with E-state index in [1.54, 1.807) is 24.1 Å². The fraction of sp³-hybridized carbons (Fsp3) is 0.533. The molecule has 0 atom stereocenters. The van der Waals surface area contributed by atoms with Crippen LogP contribution in [0, 0.1) is 11.7 Å². The summed E-state index contributed by atoms with van der Waals surface area (Å²) in [6.07, 6.45) is 1.72. The highest BCUT2D eigenvalue weighted by atomic mass is 19.1. The molecule has 4 heteroatoms. The van der Waals surface area contributed by atoms with E-state index in [0.29, 0.717) is 18.9 Å². The molecule has 0 saturated carbocycles. The van der Waals surface area contributed by atoms with Crippen LogP contribution in [0.2, 0.25) is 0 Å². The van der Waals surface area contributed by atoms with Crippen LogP contribution in [0.4, 0.5) is 4.39 Å². The summed E-state index contributed by atoms with van der Waals surface area (Å²) in [7, 11) is 1.79. The van der Waals surface area contributed by atoms with Crippen LogP contribution in [-0.4, -0.2) is 31.0 Å². The molecule has 1 aromatic carbocycles. The smallest absolute Gasteiger partial charge is 0.225 e. The Morgan fingerprint density at radius 3 is 2.37 bits per heavy atom. The maximum atomic E-state index is 12.7. The number of carbonyl (C=O) groups excluding carboxylic acids is 1. The van der Waals surface area contributed by atoms with Crippen LogP contribution in [0.15, 0.2) is 24.3 Å². The molecule has 3 nitrogen and oxygen atoms in total. The molecule has 106 valence electrons. The van der Waals surface area contributed by atoms with Crippen molar-refractivity contribution in [1.82, 2.24) is 4.90 Å². The van der Waals surface area contributed by atoms with Crippen molar-refractivity contribution in [2.45, 2.75) is 26.7 Å². The van der Waals surface area contributed by atoms with Gasteiger partial charge in [-0.25, -0.2) is 4.39 Å². The van der Waals surface area contributed by atoms with E-state index < -0.39 is 0 Å². The average Bonchev–Trinajstić information content (AvgIpc) is 2.42. The first kappa shape index (κ1) is 15.5. The minimum atomic E-state index is -0.284. The Morgan fingerprint density at radius 1 is 1.26 bits per heavy atom. The molecular weight excluding hydrogens is 245 g/mol. The van der Waals surface area contributed by atoms with Crippen LogP contribution < -0.4 is 4.74 Å². The Labute approximate surface area is 114 Å². The van der Waals surface area contributed by atoms with Gasteiger partial charge in [-0.2, -0.15) is 0 Å². The monoisotopic (exact) mass is 267 g/mol. The van der Waals surface area contributed by atoms with Gasteiger partial charge in [0.2, 0.25) is 5.91 Å². The number of amides is 1. The van der Waals surface area contributed by atoms with E-state index >= 15 is 0 Å². The second kappa shape index (κ2) is 7.77. The summed E-state index contributed by atoms with van der Waals surface area (Å²) in [5, 5.41) is 0. The normalized spacial score (nSPS) is 10.6. The molecule has 0 heterocycles. The first-order valence-electron chi connectivity index (χ1n) is 6.71. The molecule has 0 radical (unpaired) electrons. The summed E-state index contributed by atoms with van der Waals surface area (Å²) < 4.78 is 18.2. The second-order valence-electron chi connectivity index (χ2n) is 4.58. The van der Waals surface area contributed by atoms with E-state index in [4.69, 9.17) is 4.74 Å². The lowest BCUT2D eigenvalue weighted by Crippen LogP contribution is -2.35. The van der Waals surface area contributed by atoms with E-state index in [-0.39, 0.29) is 17.6 Å². The van der Waals surface area contributed by atoms with Crippen molar-refractivity contribution in [3.8, 4) is 5.75 Å². The third kappa shape index (κ3) is 4.89. The molecule has 0 aliphatic carbocycles. The molecule has 0 unspecified atom stereocenters. The molecule has 0 N–H and O–H groups in total. The lowest BCUT2D eigenvalue weighted by atomic mass is 10.0. The van der Waals surface area contributed by atoms with Crippen LogP contribution in [0.25, 0.3) is 0 Å². The van der Waals surface area contributed by atoms with Crippen molar-refractivity contribution >= 4 is 5.91 Å². The van der Waals surface area contributed by atoms with Crippen molar-refractivity contribution in [2.24, 2.45) is 5.92 Å². The molecule has 0 spiro atoms. The largest absolute Gasteiger partial charge is 0.492 e. The van der Waals surface area contributed by atoms with Gasteiger partial charge < -0.3 is 9.64 Å². The SMILES string of the molecule is CCC(CC)C(=O)N(C)CCOc1ccc(F)cc1. The van der Waals surface area contributed by atoms with Crippen molar-refractivity contribution in [3.63, 3.8) is 0 Å². The summed E-state index contributed by atoms with van der Waals surface area (Å²) in [5.74, 6) is 0.585.